The summed E-state index contributed by atoms with van der Waals surface area (Å²) < 4.78 is 0. The van der Waals surface area contributed by atoms with E-state index in [2.05, 4.69) is 6.92 Å². The summed E-state index contributed by atoms with van der Waals surface area (Å²) in [6, 6.07) is 0. The quantitative estimate of drug-likeness (QED) is 0.488. The molecule has 0 N–H and O–H groups in total. The normalized spacial score (nSPS) is 21.7. The van der Waals surface area contributed by atoms with Gasteiger partial charge in [0, 0.05) is 12.3 Å². The molecule has 0 spiro atoms. The molecule has 1 saturated carbocycles. The van der Waals surface area contributed by atoms with Crippen LogP contribution in [0.3, 0.4) is 0 Å². The zero-order valence-electron chi connectivity index (χ0n) is 13.1. The molecular weight excluding hydrogens is 232 g/mol. The van der Waals surface area contributed by atoms with Crippen LogP contribution in [-0.4, -0.2) is 5.78 Å². The third-order valence-corrected chi connectivity index (χ3v) is 4.59. The minimum absolute atomic E-state index is 0.411. The van der Waals surface area contributed by atoms with Gasteiger partial charge in [-0.3, -0.25) is 4.79 Å². The van der Waals surface area contributed by atoms with Crippen LogP contribution in [0, 0.1) is 5.92 Å². The number of ketones is 1. The molecule has 1 atom stereocenters. The molecule has 112 valence electrons. The van der Waals surface area contributed by atoms with Crippen LogP contribution in [0.25, 0.3) is 0 Å². The third-order valence-electron chi connectivity index (χ3n) is 4.59. The molecular formula is C18H34O. The Morgan fingerprint density at radius 1 is 0.842 bits per heavy atom. The van der Waals surface area contributed by atoms with Gasteiger partial charge < -0.3 is 0 Å². The van der Waals surface area contributed by atoms with Gasteiger partial charge in [0.1, 0.15) is 5.78 Å². The molecule has 1 unspecified atom stereocenters. The molecule has 1 rings (SSSR count). The van der Waals surface area contributed by atoms with Crippen molar-refractivity contribution < 1.29 is 4.79 Å². The van der Waals surface area contributed by atoms with Gasteiger partial charge in [-0.05, 0) is 19.3 Å². The average Bonchev–Trinajstić information content (AvgIpc) is 2.51. The number of carbonyl (C=O) groups excluding carboxylic acids is 1. The van der Waals surface area contributed by atoms with Gasteiger partial charge in [-0.15, -0.1) is 0 Å². The van der Waals surface area contributed by atoms with Gasteiger partial charge in [-0.25, -0.2) is 0 Å². The lowest BCUT2D eigenvalue weighted by Gasteiger charge is -2.14. The lowest BCUT2D eigenvalue weighted by Crippen LogP contribution is -2.14. The van der Waals surface area contributed by atoms with E-state index < -0.39 is 0 Å². The fourth-order valence-corrected chi connectivity index (χ4v) is 3.24. The first-order valence-corrected chi connectivity index (χ1v) is 8.87. The summed E-state index contributed by atoms with van der Waals surface area (Å²) in [6.45, 7) is 2.27. The summed E-state index contributed by atoms with van der Waals surface area (Å²) in [4.78, 5) is 12.1. The van der Waals surface area contributed by atoms with E-state index in [-0.39, 0.29) is 0 Å². The average molecular weight is 266 g/mol. The molecule has 1 nitrogen and oxygen atoms in total. The lowest BCUT2D eigenvalue weighted by atomic mass is 9.90. The first-order chi connectivity index (χ1) is 9.34. The number of unbranched alkanes of at least 4 members (excludes halogenated alkanes) is 6. The van der Waals surface area contributed by atoms with E-state index in [4.69, 9.17) is 0 Å². The van der Waals surface area contributed by atoms with Gasteiger partial charge in [-0.2, -0.15) is 0 Å². The zero-order valence-corrected chi connectivity index (χ0v) is 13.1. The third kappa shape index (κ3) is 8.44. The zero-order chi connectivity index (χ0) is 13.8. The molecule has 1 aliphatic rings. The highest BCUT2D eigenvalue weighted by molar-refractivity contribution is 5.80. The molecule has 0 heterocycles. The Labute approximate surface area is 120 Å². The Morgan fingerprint density at radius 2 is 1.47 bits per heavy atom. The molecule has 19 heavy (non-hydrogen) atoms. The van der Waals surface area contributed by atoms with Crippen LogP contribution in [0.1, 0.15) is 103 Å². The van der Waals surface area contributed by atoms with E-state index in [1.165, 1.54) is 83.5 Å². The fraction of sp³-hybridized carbons (Fsp3) is 0.944. The molecule has 0 aromatic rings. The van der Waals surface area contributed by atoms with Gasteiger partial charge in [0.05, 0.1) is 0 Å². The Hall–Kier alpha value is -0.330. The van der Waals surface area contributed by atoms with Crippen LogP contribution in [0.2, 0.25) is 0 Å². The van der Waals surface area contributed by atoms with Crippen molar-refractivity contribution >= 4 is 5.78 Å². The van der Waals surface area contributed by atoms with E-state index in [0.717, 1.165) is 12.8 Å². The Kier molecular flexibility index (Phi) is 10.1. The molecule has 0 saturated heterocycles. The highest BCUT2D eigenvalue weighted by Crippen LogP contribution is 2.24. The highest BCUT2D eigenvalue weighted by atomic mass is 16.1. The maximum atomic E-state index is 12.1. The number of Topliss-reactive ketones (excluding diaryl/α,β-unsaturated/α-hetero) is 1. The van der Waals surface area contributed by atoms with E-state index in [1.54, 1.807) is 0 Å². The summed E-state index contributed by atoms with van der Waals surface area (Å²) in [7, 11) is 0. The van der Waals surface area contributed by atoms with Crippen LogP contribution in [0.15, 0.2) is 0 Å². The summed E-state index contributed by atoms with van der Waals surface area (Å²) in [6.07, 6.45) is 19.1. The standard InChI is InChI=1S/C18H34O/c1-2-3-4-5-6-8-11-14-17-15-12-9-7-10-13-16-18(17)19/h17H,2-16H2,1H3. The van der Waals surface area contributed by atoms with E-state index in [9.17, 15) is 4.79 Å². The second-order valence-corrected chi connectivity index (χ2v) is 6.38. The molecule has 0 aliphatic heterocycles. The predicted molar refractivity (Wildman–Crippen MR) is 83.4 cm³/mol. The minimum Gasteiger partial charge on any atom is -0.299 e. The van der Waals surface area contributed by atoms with E-state index in [1.807, 2.05) is 0 Å². The molecule has 0 bridgehead atoms. The lowest BCUT2D eigenvalue weighted by molar-refractivity contribution is -0.123. The summed E-state index contributed by atoms with van der Waals surface area (Å²) in [5.74, 6) is 0.988. The minimum atomic E-state index is 0.411. The van der Waals surface area contributed by atoms with Gasteiger partial charge >= 0.3 is 0 Å². The molecule has 0 aromatic carbocycles. The van der Waals surface area contributed by atoms with Crippen molar-refractivity contribution in [2.45, 2.75) is 103 Å². The number of hydrogen-bond acceptors (Lipinski definition) is 1. The molecule has 0 radical (unpaired) electrons. The highest BCUT2D eigenvalue weighted by Gasteiger charge is 2.18. The van der Waals surface area contributed by atoms with E-state index in [0.29, 0.717) is 11.7 Å². The van der Waals surface area contributed by atoms with Crippen molar-refractivity contribution in [3.05, 3.63) is 0 Å². The summed E-state index contributed by atoms with van der Waals surface area (Å²) >= 11 is 0. The largest absolute Gasteiger partial charge is 0.299 e. The summed E-state index contributed by atoms with van der Waals surface area (Å²) in [5.41, 5.74) is 0. The number of hydrogen-bond donors (Lipinski definition) is 0. The van der Waals surface area contributed by atoms with Crippen molar-refractivity contribution in [3.63, 3.8) is 0 Å². The van der Waals surface area contributed by atoms with Crippen LogP contribution in [0.5, 0.6) is 0 Å². The fourth-order valence-electron chi connectivity index (χ4n) is 3.24. The number of carbonyl (C=O) groups is 1. The SMILES string of the molecule is CCCCCCCCCC1CCCCCCCC1=O. The van der Waals surface area contributed by atoms with Crippen LogP contribution < -0.4 is 0 Å². The monoisotopic (exact) mass is 266 g/mol. The van der Waals surface area contributed by atoms with Crippen molar-refractivity contribution in [3.8, 4) is 0 Å². The molecule has 1 aliphatic carbocycles. The summed E-state index contributed by atoms with van der Waals surface area (Å²) in [5, 5.41) is 0. The second-order valence-electron chi connectivity index (χ2n) is 6.38. The Morgan fingerprint density at radius 3 is 2.26 bits per heavy atom. The van der Waals surface area contributed by atoms with Crippen molar-refractivity contribution in [2.24, 2.45) is 5.92 Å². The predicted octanol–water partition coefficient (Wildman–Crippen LogP) is 6.06. The van der Waals surface area contributed by atoms with Crippen molar-refractivity contribution in [1.29, 1.82) is 0 Å². The number of rotatable bonds is 8. The van der Waals surface area contributed by atoms with Crippen molar-refractivity contribution in [1.82, 2.24) is 0 Å². The van der Waals surface area contributed by atoms with Crippen LogP contribution in [-0.2, 0) is 4.79 Å². The molecule has 0 amide bonds. The molecule has 1 heteroatoms. The smallest absolute Gasteiger partial charge is 0.135 e. The Balaban J connectivity index is 2.09. The first kappa shape index (κ1) is 16.7. The molecule has 1 fully saturated rings. The van der Waals surface area contributed by atoms with Crippen molar-refractivity contribution in [2.75, 3.05) is 0 Å². The van der Waals surface area contributed by atoms with Gasteiger partial charge in [-0.1, -0.05) is 77.6 Å². The van der Waals surface area contributed by atoms with Gasteiger partial charge in [0.25, 0.3) is 0 Å². The van der Waals surface area contributed by atoms with Gasteiger partial charge in [0.2, 0.25) is 0 Å². The first-order valence-electron chi connectivity index (χ1n) is 8.87. The maximum absolute atomic E-state index is 12.1. The van der Waals surface area contributed by atoms with E-state index >= 15 is 0 Å². The van der Waals surface area contributed by atoms with Gasteiger partial charge in [0.15, 0.2) is 0 Å². The molecule has 0 aromatic heterocycles. The maximum Gasteiger partial charge on any atom is 0.135 e. The van der Waals surface area contributed by atoms with Crippen LogP contribution >= 0.6 is 0 Å². The van der Waals surface area contributed by atoms with Crippen LogP contribution in [0.4, 0.5) is 0 Å². The second kappa shape index (κ2) is 11.5. The Bertz CT molecular complexity index is 222. The topological polar surface area (TPSA) is 17.1 Å².